The topological polar surface area (TPSA) is 72.2 Å². The van der Waals surface area contributed by atoms with E-state index in [2.05, 4.69) is 20.9 Å². The summed E-state index contributed by atoms with van der Waals surface area (Å²) in [5, 5.41) is 9.09. The number of carbonyl (C=O) groups is 1. The third-order valence-electron chi connectivity index (χ3n) is 2.67. The number of halogens is 1. The number of pyridine rings is 2. The second-order valence-electron chi connectivity index (χ2n) is 4.08. The predicted molar refractivity (Wildman–Crippen MR) is 73.4 cm³/mol. The smallest absolute Gasteiger partial charge is 0.337 e. The number of nitrogens with zero attached hydrogens (tertiary/aromatic N) is 2. The van der Waals surface area contributed by atoms with Crippen LogP contribution in [0.1, 0.15) is 21.6 Å². The van der Waals surface area contributed by atoms with Crippen molar-refractivity contribution < 1.29 is 9.90 Å². The van der Waals surface area contributed by atoms with Crippen molar-refractivity contribution in [1.82, 2.24) is 9.55 Å². The lowest BCUT2D eigenvalue weighted by molar-refractivity contribution is 0.0695. The van der Waals surface area contributed by atoms with Gasteiger partial charge in [0.1, 0.15) is 0 Å². The van der Waals surface area contributed by atoms with Crippen LogP contribution in [-0.4, -0.2) is 20.6 Å². The lowest BCUT2D eigenvalue weighted by atomic mass is 10.2. The van der Waals surface area contributed by atoms with Crippen LogP contribution in [0.4, 0.5) is 0 Å². The molecule has 0 bridgehead atoms. The first kappa shape index (κ1) is 13.5. The quantitative estimate of drug-likeness (QED) is 0.938. The van der Waals surface area contributed by atoms with Crippen LogP contribution in [-0.2, 0) is 6.54 Å². The molecule has 2 aromatic heterocycles. The largest absolute Gasteiger partial charge is 0.478 e. The molecule has 1 N–H and O–H groups in total. The summed E-state index contributed by atoms with van der Waals surface area (Å²) in [6.45, 7) is 1.84. The summed E-state index contributed by atoms with van der Waals surface area (Å²) in [7, 11) is 0. The van der Waals surface area contributed by atoms with Crippen molar-refractivity contribution >= 4 is 21.9 Å². The van der Waals surface area contributed by atoms with Crippen LogP contribution in [0, 0.1) is 6.92 Å². The summed E-state index contributed by atoms with van der Waals surface area (Å²) in [4.78, 5) is 27.1. The first-order valence-electron chi connectivity index (χ1n) is 5.53. The Morgan fingerprint density at radius 1 is 1.53 bits per heavy atom. The van der Waals surface area contributed by atoms with Gasteiger partial charge in [-0.05, 0) is 41.1 Å². The van der Waals surface area contributed by atoms with Gasteiger partial charge < -0.3 is 9.67 Å². The molecule has 0 amide bonds. The number of carboxylic acids is 1. The molecule has 2 aromatic rings. The molecule has 2 rings (SSSR count). The van der Waals surface area contributed by atoms with Gasteiger partial charge in [0.2, 0.25) is 0 Å². The highest BCUT2D eigenvalue weighted by Gasteiger charge is 2.12. The Hall–Kier alpha value is -1.95. The number of aryl methyl sites for hydroxylation is 1. The molecule has 0 aliphatic heterocycles. The third-order valence-corrected chi connectivity index (χ3v) is 3.11. The Balaban J connectivity index is 2.48. The van der Waals surface area contributed by atoms with E-state index >= 15 is 0 Å². The average molecular weight is 323 g/mol. The maximum atomic E-state index is 12.0. The Kier molecular flexibility index (Phi) is 3.80. The summed E-state index contributed by atoms with van der Waals surface area (Å²) in [5.41, 5.74) is 0.883. The summed E-state index contributed by atoms with van der Waals surface area (Å²) >= 11 is 3.31. The molecule has 0 aliphatic rings. The van der Waals surface area contributed by atoms with E-state index in [1.54, 1.807) is 25.3 Å². The van der Waals surface area contributed by atoms with Crippen molar-refractivity contribution in [2.24, 2.45) is 0 Å². The second-order valence-corrected chi connectivity index (χ2v) is 4.99. The Labute approximate surface area is 117 Å². The van der Waals surface area contributed by atoms with Crippen LogP contribution in [0.3, 0.4) is 0 Å². The van der Waals surface area contributed by atoms with Gasteiger partial charge >= 0.3 is 5.97 Å². The molecule has 0 spiro atoms. The fourth-order valence-electron chi connectivity index (χ4n) is 1.78. The van der Waals surface area contributed by atoms with Crippen LogP contribution in [0.25, 0.3) is 0 Å². The lowest BCUT2D eigenvalue weighted by Gasteiger charge is -2.09. The molecular formula is C13H11BrN2O3. The van der Waals surface area contributed by atoms with Gasteiger partial charge in [-0.2, -0.15) is 0 Å². The maximum absolute atomic E-state index is 12.0. The van der Waals surface area contributed by atoms with Crippen LogP contribution in [0.5, 0.6) is 0 Å². The molecule has 0 atom stereocenters. The van der Waals surface area contributed by atoms with Gasteiger partial charge in [-0.25, -0.2) is 4.79 Å². The fourth-order valence-corrected chi connectivity index (χ4v) is 2.37. The van der Waals surface area contributed by atoms with Gasteiger partial charge in [0, 0.05) is 22.4 Å². The molecule has 0 aromatic carbocycles. The zero-order valence-corrected chi connectivity index (χ0v) is 11.7. The van der Waals surface area contributed by atoms with Crippen LogP contribution < -0.4 is 5.56 Å². The number of aromatic carboxylic acids is 1. The average Bonchev–Trinajstić information content (AvgIpc) is 2.35. The number of hydrogen-bond acceptors (Lipinski definition) is 3. The zero-order valence-electron chi connectivity index (χ0n) is 10.1. The number of aromatic nitrogens is 2. The number of rotatable bonds is 3. The minimum absolute atomic E-state index is 0.104. The highest BCUT2D eigenvalue weighted by molar-refractivity contribution is 9.10. The van der Waals surface area contributed by atoms with Crippen molar-refractivity contribution in [3.05, 3.63) is 62.2 Å². The molecule has 2 heterocycles. The van der Waals surface area contributed by atoms with Crippen molar-refractivity contribution in [1.29, 1.82) is 0 Å². The van der Waals surface area contributed by atoms with Gasteiger partial charge in [-0.15, -0.1) is 0 Å². The number of hydrogen-bond donors (Lipinski definition) is 1. The molecule has 19 heavy (non-hydrogen) atoms. The van der Waals surface area contributed by atoms with E-state index in [4.69, 9.17) is 5.11 Å². The van der Waals surface area contributed by atoms with E-state index in [9.17, 15) is 9.59 Å². The standard InChI is InChI=1S/C13H11BrN2O3/c1-8-5-9(14)6-16(12(8)17)7-11-10(13(18)19)3-2-4-15-11/h2-6H,7H2,1H3,(H,18,19). The van der Waals surface area contributed by atoms with Crippen molar-refractivity contribution in [2.45, 2.75) is 13.5 Å². The molecule has 0 unspecified atom stereocenters. The molecule has 0 radical (unpaired) electrons. The molecule has 0 fully saturated rings. The van der Waals surface area contributed by atoms with Crippen molar-refractivity contribution in [3.8, 4) is 0 Å². The van der Waals surface area contributed by atoms with E-state index in [0.717, 1.165) is 4.47 Å². The van der Waals surface area contributed by atoms with Gasteiger partial charge in [0.25, 0.3) is 5.56 Å². The monoisotopic (exact) mass is 322 g/mol. The number of carboxylic acid groups (broad SMARTS) is 1. The van der Waals surface area contributed by atoms with Crippen LogP contribution in [0.2, 0.25) is 0 Å². The Morgan fingerprint density at radius 2 is 2.26 bits per heavy atom. The first-order chi connectivity index (χ1) is 8.99. The van der Waals surface area contributed by atoms with Gasteiger partial charge in [0.15, 0.2) is 0 Å². The molecule has 0 aliphatic carbocycles. The zero-order chi connectivity index (χ0) is 14.0. The minimum Gasteiger partial charge on any atom is -0.478 e. The Morgan fingerprint density at radius 3 is 2.95 bits per heavy atom. The molecule has 6 heteroatoms. The Bertz CT molecular complexity index is 695. The SMILES string of the molecule is Cc1cc(Br)cn(Cc2ncccc2C(=O)O)c1=O. The highest BCUT2D eigenvalue weighted by atomic mass is 79.9. The molecule has 0 saturated carbocycles. The summed E-state index contributed by atoms with van der Waals surface area (Å²) in [5.74, 6) is -1.05. The van der Waals surface area contributed by atoms with Crippen molar-refractivity contribution in [2.75, 3.05) is 0 Å². The van der Waals surface area contributed by atoms with Gasteiger partial charge in [0.05, 0.1) is 17.8 Å². The third kappa shape index (κ3) is 2.90. The van der Waals surface area contributed by atoms with Crippen molar-refractivity contribution in [3.63, 3.8) is 0 Å². The van der Waals surface area contributed by atoms with E-state index in [1.165, 1.54) is 16.8 Å². The summed E-state index contributed by atoms with van der Waals surface area (Å²) in [6, 6.07) is 4.75. The lowest BCUT2D eigenvalue weighted by Crippen LogP contribution is -2.23. The summed E-state index contributed by atoms with van der Waals surface area (Å²) < 4.78 is 2.20. The van der Waals surface area contributed by atoms with Gasteiger partial charge in [-0.1, -0.05) is 0 Å². The summed E-state index contributed by atoms with van der Waals surface area (Å²) in [6.07, 6.45) is 3.13. The predicted octanol–water partition coefficient (Wildman–Crippen LogP) is 2.06. The molecule has 5 nitrogen and oxygen atoms in total. The molecule has 98 valence electrons. The van der Waals surface area contributed by atoms with E-state index in [-0.39, 0.29) is 17.7 Å². The highest BCUT2D eigenvalue weighted by Crippen LogP contribution is 2.11. The normalized spacial score (nSPS) is 10.4. The molecular weight excluding hydrogens is 312 g/mol. The molecule has 0 saturated heterocycles. The first-order valence-corrected chi connectivity index (χ1v) is 6.32. The minimum atomic E-state index is -1.05. The van der Waals surface area contributed by atoms with Gasteiger partial charge in [-0.3, -0.25) is 9.78 Å². The van der Waals surface area contributed by atoms with E-state index in [1.807, 2.05) is 0 Å². The van der Waals surface area contributed by atoms with Crippen LogP contribution >= 0.6 is 15.9 Å². The van der Waals surface area contributed by atoms with E-state index in [0.29, 0.717) is 11.3 Å². The van der Waals surface area contributed by atoms with Crippen LogP contribution in [0.15, 0.2) is 39.9 Å². The van der Waals surface area contributed by atoms with E-state index < -0.39 is 5.97 Å². The maximum Gasteiger partial charge on any atom is 0.337 e. The fraction of sp³-hybridized carbons (Fsp3) is 0.154. The second kappa shape index (κ2) is 5.36.